The molecular formula is C19H16N4O. The van der Waals surface area contributed by atoms with E-state index in [0.29, 0.717) is 6.42 Å². The molecule has 0 fully saturated rings. The van der Waals surface area contributed by atoms with Gasteiger partial charge in [-0.25, -0.2) is 0 Å². The third kappa shape index (κ3) is 2.92. The molecule has 118 valence electrons. The van der Waals surface area contributed by atoms with Crippen LogP contribution in [0.2, 0.25) is 0 Å². The summed E-state index contributed by atoms with van der Waals surface area (Å²) in [5.41, 5.74) is 4.75. The van der Waals surface area contributed by atoms with E-state index >= 15 is 0 Å². The number of nitrogens with zero attached hydrogens (tertiary/aromatic N) is 1. The Bertz CT molecular complexity index is 971. The average Bonchev–Trinajstić information content (AvgIpc) is 3.24. The summed E-state index contributed by atoms with van der Waals surface area (Å²) in [6, 6.07) is 17.6. The van der Waals surface area contributed by atoms with Gasteiger partial charge in [0.15, 0.2) is 0 Å². The molecule has 2 aromatic heterocycles. The molecule has 5 heteroatoms. The number of H-pyrrole nitrogens is 2. The topological polar surface area (TPSA) is 73.6 Å². The van der Waals surface area contributed by atoms with Crippen molar-refractivity contribution in [3.8, 4) is 11.3 Å². The van der Waals surface area contributed by atoms with Gasteiger partial charge in [-0.05, 0) is 23.8 Å². The normalized spacial score (nSPS) is 10.8. The number of hydrogen-bond acceptors (Lipinski definition) is 2. The minimum Gasteiger partial charge on any atom is -0.354 e. The predicted molar refractivity (Wildman–Crippen MR) is 94.7 cm³/mol. The Balaban J connectivity index is 1.53. The molecule has 0 saturated carbocycles. The van der Waals surface area contributed by atoms with E-state index in [1.54, 1.807) is 6.20 Å². The van der Waals surface area contributed by atoms with Crippen molar-refractivity contribution in [2.75, 3.05) is 5.32 Å². The number of nitrogens with one attached hydrogen (secondary N) is 3. The molecule has 3 N–H and O–H groups in total. The van der Waals surface area contributed by atoms with Gasteiger partial charge in [-0.2, -0.15) is 5.10 Å². The monoisotopic (exact) mass is 316 g/mol. The highest BCUT2D eigenvalue weighted by Gasteiger charge is 2.07. The Labute approximate surface area is 138 Å². The Morgan fingerprint density at radius 2 is 1.96 bits per heavy atom. The van der Waals surface area contributed by atoms with Crippen LogP contribution in [-0.4, -0.2) is 21.1 Å². The van der Waals surface area contributed by atoms with Crippen molar-refractivity contribution in [3.63, 3.8) is 0 Å². The molecule has 5 nitrogen and oxygen atoms in total. The van der Waals surface area contributed by atoms with Gasteiger partial charge < -0.3 is 10.3 Å². The summed E-state index contributed by atoms with van der Waals surface area (Å²) >= 11 is 0. The van der Waals surface area contributed by atoms with Crippen molar-refractivity contribution in [2.45, 2.75) is 6.42 Å². The molecule has 0 aliphatic heterocycles. The number of benzene rings is 2. The number of amides is 1. The molecule has 0 spiro atoms. The molecule has 0 atom stereocenters. The maximum absolute atomic E-state index is 12.2. The zero-order valence-corrected chi connectivity index (χ0v) is 12.9. The maximum Gasteiger partial charge on any atom is 0.228 e. The fourth-order valence-corrected chi connectivity index (χ4v) is 2.74. The van der Waals surface area contributed by atoms with Crippen molar-refractivity contribution in [1.29, 1.82) is 0 Å². The fraction of sp³-hybridized carbons (Fsp3) is 0.0526. The molecule has 0 saturated heterocycles. The second-order valence-corrected chi connectivity index (χ2v) is 5.68. The van der Waals surface area contributed by atoms with E-state index < -0.39 is 0 Å². The van der Waals surface area contributed by atoms with Crippen LogP contribution in [0, 0.1) is 0 Å². The molecule has 0 aliphatic carbocycles. The SMILES string of the molecule is O=C(Cc1ccccc1)Nc1ccc2cc(-c3cn[nH]c3)[nH]c2c1. The van der Waals surface area contributed by atoms with Gasteiger partial charge in [0.2, 0.25) is 5.91 Å². The Morgan fingerprint density at radius 1 is 1.08 bits per heavy atom. The lowest BCUT2D eigenvalue weighted by Gasteiger charge is -2.05. The highest BCUT2D eigenvalue weighted by atomic mass is 16.1. The molecule has 0 aliphatic rings. The van der Waals surface area contributed by atoms with E-state index in [0.717, 1.165) is 33.4 Å². The number of hydrogen-bond donors (Lipinski definition) is 3. The van der Waals surface area contributed by atoms with E-state index in [2.05, 4.69) is 26.6 Å². The Morgan fingerprint density at radius 3 is 2.75 bits per heavy atom. The van der Waals surface area contributed by atoms with Crippen LogP contribution in [0.3, 0.4) is 0 Å². The van der Waals surface area contributed by atoms with Crippen LogP contribution in [0.1, 0.15) is 5.56 Å². The van der Waals surface area contributed by atoms with Crippen molar-refractivity contribution in [2.24, 2.45) is 0 Å². The van der Waals surface area contributed by atoms with Crippen molar-refractivity contribution in [3.05, 3.63) is 72.6 Å². The van der Waals surface area contributed by atoms with Gasteiger partial charge in [-0.1, -0.05) is 36.4 Å². The third-order valence-electron chi connectivity index (χ3n) is 3.92. The summed E-state index contributed by atoms with van der Waals surface area (Å²) in [7, 11) is 0. The Hall–Kier alpha value is -3.34. The fourth-order valence-electron chi connectivity index (χ4n) is 2.74. The first-order chi connectivity index (χ1) is 11.8. The predicted octanol–water partition coefficient (Wildman–Crippen LogP) is 3.74. The Kier molecular flexibility index (Phi) is 3.59. The molecule has 4 aromatic rings. The largest absolute Gasteiger partial charge is 0.354 e. The van der Waals surface area contributed by atoms with Gasteiger partial charge in [0.05, 0.1) is 12.6 Å². The number of carbonyl (C=O) groups excluding carboxylic acids is 1. The average molecular weight is 316 g/mol. The molecule has 2 aromatic carbocycles. The number of anilines is 1. The smallest absolute Gasteiger partial charge is 0.228 e. The summed E-state index contributed by atoms with van der Waals surface area (Å²) in [6.45, 7) is 0. The van der Waals surface area contributed by atoms with Crippen molar-refractivity contribution >= 4 is 22.5 Å². The van der Waals surface area contributed by atoms with E-state index in [-0.39, 0.29) is 5.91 Å². The minimum absolute atomic E-state index is 0.0258. The third-order valence-corrected chi connectivity index (χ3v) is 3.92. The summed E-state index contributed by atoms with van der Waals surface area (Å²) in [4.78, 5) is 15.5. The summed E-state index contributed by atoms with van der Waals surface area (Å²) in [5, 5.41) is 10.8. The molecule has 0 unspecified atom stereocenters. The quantitative estimate of drug-likeness (QED) is 0.536. The van der Waals surface area contributed by atoms with Crippen LogP contribution >= 0.6 is 0 Å². The minimum atomic E-state index is -0.0258. The molecule has 2 heterocycles. The van der Waals surface area contributed by atoms with Gasteiger partial charge in [0.25, 0.3) is 0 Å². The molecule has 0 radical (unpaired) electrons. The second-order valence-electron chi connectivity index (χ2n) is 5.68. The molecule has 0 bridgehead atoms. The molecule has 4 rings (SSSR count). The first kappa shape index (κ1) is 14.3. The number of rotatable bonds is 4. The number of aromatic nitrogens is 3. The zero-order chi connectivity index (χ0) is 16.4. The van der Waals surface area contributed by atoms with Crippen LogP contribution in [0.15, 0.2) is 67.0 Å². The van der Waals surface area contributed by atoms with E-state index in [4.69, 9.17) is 0 Å². The number of aromatic amines is 2. The second kappa shape index (κ2) is 6.04. The van der Waals surface area contributed by atoms with Crippen molar-refractivity contribution in [1.82, 2.24) is 15.2 Å². The first-order valence-electron chi connectivity index (χ1n) is 7.74. The van der Waals surface area contributed by atoms with Gasteiger partial charge in [0, 0.05) is 34.0 Å². The standard InChI is InChI=1S/C19H16N4O/c24-19(8-13-4-2-1-3-5-13)22-16-7-6-14-9-17(23-18(14)10-16)15-11-20-21-12-15/h1-7,9-12,23H,8H2,(H,20,21)(H,22,24). The first-order valence-corrected chi connectivity index (χ1v) is 7.74. The van der Waals surface area contributed by atoms with Crippen LogP contribution in [-0.2, 0) is 11.2 Å². The van der Waals surface area contributed by atoms with Crippen LogP contribution in [0.4, 0.5) is 5.69 Å². The number of carbonyl (C=O) groups is 1. The lowest BCUT2D eigenvalue weighted by Crippen LogP contribution is -2.14. The highest BCUT2D eigenvalue weighted by Crippen LogP contribution is 2.25. The van der Waals surface area contributed by atoms with Crippen molar-refractivity contribution < 1.29 is 4.79 Å². The molecule has 1 amide bonds. The van der Waals surface area contributed by atoms with Crippen LogP contribution in [0.5, 0.6) is 0 Å². The summed E-state index contributed by atoms with van der Waals surface area (Å²) < 4.78 is 0. The van der Waals surface area contributed by atoms with Crippen LogP contribution in [0.25, 0.3) is 22.2 Å². The van der Waals surface area contributed by atoms with E-state index in [1.807, 2.05) is 54.7 Å². The van der Waals surface area contributed by atoms with Gasteiger partial charge in [-0.15, -0.1) is 0 Å². The number of fused-ring (bicyclic) bond motifs is 1. The lowest BCUT2D eigenvalue weighted by atomic mass is 10.1. The van der Waals surface area contributed by atoms with Gasteiger partial charge >= 0.3 is 0 Å². The van der Waals surface area contributed by atoms with Crippen LogP contribution < -0.4 is 5.32 Å². The lowest BCUT2D eigenvalue weighted by molar-refractivity contribution is -0.115. The highest BCUT2D eigenvalue weighted by molar-refractivity contribution is 5.95. The molecular weight excluding hydrogens is 300 g/mol. The van der Waals surface area contributed by atoms with Gasteiger partial charge in [0.1, 0.15) is 0 Å². The summed E-state index contributed by atoms with van der Waals surface area (Å²) in [6.07, 6.45) is 3.98. The zero-order valence-electron chi connectivity index (χ0n) is 12.9. The van der Waals surface area contributed by atoms with E-state index in [1.165, 1.54) is 0 Å². The maximum atomic E-state index is 12.2. The molecule has 24 heavy (non-hydrogen) atoms. The summed E-state index contributed by atoms with van der Waals surface area (Å²) in [5.74, 6) is -0.0258. The van der Waals surface area contributed by atoms with E-state index in [9.17, 15) is 4.79 Å². The van der Waals surface area contributed by atoms with Gasteiger partial charge in [-0.3, -0.25) is 9.89 Å².